The molecule has 0 amide bonds. The van der Waals surface area contributed by atoms with Gasteiger partial charge in [-0.25, -0.2) is 0 Å². The van der Waals surface area contributed by atoms with Gasteiger partial charge in [0.2, 0.25) is 0 Å². The van der Waals surface area contributed by atoms with E-state index in [1.54, 1.807) is 18.4 Å². The fourth-order valence-corrected chi connectivity index (χ4v) is 16.6. The number of nitrogens with one attached hydrogen (secondary N) is 1. The van der Waals surface area contributed by atoms with Gasteiger partial charge in [0, 0.05) is 64.3 Å². The second-order valence-corrected chi connectivity index (χ2v) is 24.2. The van der Waals surface area contributed by atoms with Crippen LogP contribution in [0.2, 0.25) is 0 Å². The van der Waals surface area contributed by atoms with E-state index in [4.69, 9.17) is 4.74 Å². The zero-order valence-electron chi connectivity index (χ0n) is 36.6. The zero-order chi connectivity index (χ0) is 41.0. The Balaban J connectivity index is 1.05. The maximum absolute atomic E-state index is 13.6. The smallest absolute Gasteiger partial charge is 0.309 e. The molecule has 1 heterocycles. The molecule has 7 rings (SSSR count). The molecule has 56 heavy (non-hydrogen) atoms. The van der Waals surface area contributed by atoms with Crippen LogP contribution in [0.4, 0.5) is 0 Å². The van der Waals surface area contributed by atoms with Crippen LogP contribution in [0.15, 0.2) is 12.2 Å². The summed E-state index contributed by atoms with van der Waals surface area (Å²) in [4.78, 5) is 27.9. The largest absolute Gasteiger partial charge is 0.481 e. The molecule has 0 unspecified atom stereocenters. The fraction of sp³-hybridized carbons (Fsp3) is 0.911. The van der Waals surface area contributed by atoms with Crippen molar-refractivity contribution in [1.82, 2.24) is 18.8 Å². The molecule has 0 aromatic carbocycles. The number of allylic oxidation sites excluding steroid dienone is 1. The number of aliphatic carboxylic acids is 1. The van der Waals surface area contributed by atoms with E-state index < -0.39 is 27.5 Å². The first-order chi connectivity index (χ1) is 26.0. The van der Waals surface area contributed by atoms with Crippen LogP contribution < -0.4 is 5.32 Å². The quantitative estimate of drug-likeness (QED) is 0.178. The van der Waals surface area contributed by atoms with Gasteiger partial charge in [0.25, 0.3) is 10.2 Å². The number of carboxylic acids is 1. The minimum Gasteiger partial charge on any atom is -0.481 e. The lowest BCUT2D eigenvalue weighted by molar-refractivity contribution is -0.248. The SMILES string of the molecule is C=C(C)[C@@H]1CC[C@]2(NCCN3CCN(S(=O)(=O)N(C)C)CC3)CC[C@]3(C)[C@H](CC[C@@H]4[C@@]5(C)CC[C@H](OC(=O)[C@H]6C[C@@H](C(=O)O)C6(C)C)C(C)(C)[C@@H]5CC[C@]43C)[C@@H]12. The summed E-state index contributed by atoms with van der Waals surface area (Å²) in [5.41, 5.74) is 1.36. The predicted octanol–water partition coefficient (Wildman–Crippen LogP) is 7.07. The number of piperazine rings is 1. The minimum absolute atomic E-state index is 0.123. The van der Waals surface area contributed by atoms with Crippen molar-refractivity contribution in [2.45, 2.75) is 138 Å². The highest BCUT2D eigenvalue weighted by Gasteiger charge is 2.71. The molecule has 1 saturated heterocycles. The Hall–Kier alpha value is -1.53. The topological polar surface area (TPSA) is 119 Å². The Morgan fingerprint density at radius 1 is 0.821 bits per heavy atom. The van der Waals surface area contributed by atoms with E-state index >= 15 is 0 Å². The summed E-state index contributed by atoms with van der Waals surface area (Å²) in [5.74, 6) is 0.986. The van der Waals surface area contributed by atoms with Crippen molar-refractivity contribution >= 4 is 22.1 Å². The van der Waals surface area contributed by atoms with Gasteiger partial charge in [-0.1, -0.05) is 60.6 Å². The van der Waals surface area contributed by atoms with Gasteiger partial charge in [0.1, 0.15) is 6.10 Å². The second kappa shape index (κ2) is 14.3. The molecule has 0 radical (unpaired) electrons. The van der Waals surface area contributed by atoms with Crippen molar-refractivity contribution in [2.75, 3.05) is 53.4 Å². The van der Waals surface area contributed by atoms with E-state index in [2.05, 4.69) is 58.3 Å². The van der Waals surface area contributed by atoms with Crippen LogP contribution in [-0.2, 0) is 24.5 Å². The molecule has 7 fully saturated rings. The van der Waals surface area contributed by atoms with Crippen LogP contribution in [0.3, 0.4) is 0 Å². The average molecular weight is 801 g/mol. The number of esters is 1. The number of hydrogen-bond donors (Lipinski definition) is 2. The van der Waals surface area contributed by atoms with Crippen LogP contribution in [0.1, 0.15) is 126 Å². The molecule has 6 saturated carbocycles. The van der Waals surface area contributed by atoms with Crippen LogP contribution in [0.5, 0.6) is 0 Å². The van der Waals surface area contributed by atoms with Crippen molar-refractivity contribution in [1.29, 1.82) is 0 Å². The van der Waals surface area contributed by atoms with Crippen LogP contribution in [0.25, 0.3) is 0 Å². The summed E-state index contributed by atoms with van der Waals surface area (Å²) >= 11 is 0. The van der Waals surface area contributed by atoms with Gasteiger partial charge < -0.3 is 15.2 Å². The molecule has 0 aromatic rings. The summed E-state index contributed by atoms with van der Waals surface area (Å²) in [6, 6.07) is 0. The Labute approximate surface area is 339 Å². The first kappa shape index (κ1) is 42.6. The van der Waals surface area contributed by atoms with Crippen molar-refractivity contribution in [3.05, 3.63) is 12.2 Å². The second-order valence-electron chi connectivity index (χ2n) is 22.1. The number of rotatable bonds is 10. The van der Waals surface area contributed by atoms with Gasteiger partial charge >= 0.3 is 11.9 Å². The summed E-state index contributed by atoms with van der Waals surface area (Å²) in [5, 5.41) is 13.9. The third-order valence-electron chi connectivity index (χ3n) is 19.1. The molecule has 10 nitrogen and oxygen atoms in total. The van der Waals surface area contributed by atoms with E-state index in [1.807, 2.05) is 13.8 Å². The van der Waals surface area contributed by atoms with Gasteiger partial charge in [0.15, 0.2) is 0 Å². The van der Waals surface area contributed by atoms with E-state index in [1.165, 1.54) is 54.8 Å². The monoisotopic (exact) mass is 801 g/mol. The molecule has 12 atom stereocenters. The van der Waals surface area contributed by atoms with Crippen molar-refractivity contribution < 1.29 is 27.9 Å². The van der Waals surface area contributed by atoms with Crippen molar-refractivity contribution in [3.8, 4) is 0 Å². The van der Waals surface area contributed by atoms with Gasteiger partial charge in [-0.05, 0) is 129 Å². The van der Waals surface area contributed by atoms with E-state index in [9.17, 15) is 23.1 Å². The molecule has 11 heteroatoms. The molecular weight excluding hydrogens is 725 g/mol. The highest BCUT2D eigenvalue weighted by Crippen LogP contribution is 2.76. The highest BCUT2D eigenvalue weighted by atomic mass is 32.2. The lowest BCUT2D eigenvalue weighted by Crippen LogP contribution is -2.69. The molecule has 1 aliphatic heterocycles. The Morgan fingerprint density at radius 3 is 2.11 bits per heavy atom. The lowest BCUT2D eigenvalue weighted by Gasteiger charge is -2.73. The standard InChI is InChI=1S/C45H76N4O6S/c1-29(2)30-14-19-45(46-22-23-48-24-26-49(27-25-48)56(53,54)47(10)11)21-20-43(8)31(37(30)45)12-13-35-42(7)17-16-36(41(5,6)34(42)15-18-44(35,43)9)55-39(52)33-28-32(38(50)51)40(33,3)4/h30-37,46H,1,12-28H2,2-11H3,(H,50,51)/t30-,31+,32-,33+,34-,35+,36-,37+,42-,43+,44+,45-/m0/s1. The molecule has 6 aliphatic carbocycles. The Morgan fingerprint density at radius 2 is 1.50 bits per heavy atom. The molecule has 0 spiro atoms. The van der Waals surface area contributed by atoms with Gasteiger partial charge in [-0.3, -0.25) is 14.5 Å². The molecule has 318 valence electrons. The number of carbonyl (C=O) groups is 2. The minimum atomic E-state index is -3.37. The summed E-state index contributed by atoms with van der Waals surface area (Å²) in [6.07, 6.45) is 11.9. The summed E-state index contributed by atoms with van der Waals surface area (Å²) in [6.45, 7) is 27.9. The van der Waals surface area contributed by atoms with E-state index in [0.29, 0.717) is 49.1 Å². The first-order valence-electron chi connectivity index (χ1n) is 22.2. The Bertz CT molecular complexity index is 1670. The van der Waals surface area contributed by atoms with Gasteiger partial charge in [0.05, 0.1) is 11.8 Å². The van der Waals surface area contributed by atoms with Crippen LogP contribution in [-0.4, -0.2) is 104 Å². The number of fused-ring (bicyclic) bond motifs is 7. The van der Waals surface area contributed by atoms with Gasteiger partial charge in [-0.2, -0.15) is 17.0 Å². The van der Waals surface area contributed by atoms with Gasteiger partial charge in [-0.15, -0.1) is 0 Å². The third-order valence-corrected chi connectivity index (χ3v) is 21.1. The maximum atomic E-state index is 13.6. The number of hydrogen-bond acceptors (Lipinski definition) is 7. The molecular formula is C45H76N4O6S. The predicted molar refractivity (Wildman–Crippen MR) is 221 cm³/mol. The highest BCUT2D eigenvalue weighted by molar-refractivity contribution is 7.86. The van der Waals surface area contributed by atoms with Crippen molar-refractivity contribution in [2.24, 2.45) is 68.5 Å². The average Bonchev–Trinajstić information content (AvgIpc) is 3.49. The third kappa shape index (κ3) is 6.31. The normalized spacial score (nSPS) is 44.8. The molecule has 2 N–H and O–H groups in total. The maximum Gasteiger partial charge on any atom is 0.309 e. The lowest BCUT2D eigenvalue weighted by atomic mass is 9.32. The van der Waals surface area contributed by atoms with Crippen LogP contribution in [0, 0.1) is 68.5 Å². The number of ether oxygens (including phenoxy) is 1. The van der Waals surface area contributed by atoms with Crippen LogP contribution >= 0.6 is 0 Å². The number of carboxylic acid groups (broad SMARTS) is 1. The first-order valence-corrected chi connectivity index (χ1v) is 23.6. The summed E-state index contributed by atoms with van der Waals surface area (Å²) < 4.78 is 34.8. The summed E-state index contributed by atoms with van der Waals surface area (Å²) in [7, 11) is -0.146. The number of carbonyl (C=O) groups excluding carboxylic acids is 1. The molecule has 7 aliphatic rings. The molecule has 0 aromatic heterocycles. The molecule has 0 bridgehead atoms. The van der Waals surface area contributed by atoms with E-state index in [0.717, 1.165) is 45.4 Å². The number of nitrogens with zero attached hydrogens (tertiary/aromatic N) is 3. The Kier molecular flexibility index (Phi) is 10.9. The fourth-order valence-electron chi connectivity index (χ4n) is 15.5. The van der Waals surface area contributed by atoms with E-state index in [-0.39, 0.29) is 45.2 Å². The zero-order valence-corrected chi connectivity index (χ0v) is 37.4. The van der Waals surface area contributed by atoms with Crippen molar-refractivity contribution in [3.63, 3.8) is 0 Å².